The number of para-hydroxylation sites is 1. The predicted molar refractivity (Wildman–Crippen MR) is 99.6 cm³/mol. The second-order valence-corrected chi connectivity index (χ2v) is 6.55. The summed E-state index contributed by atoms with van der Waals surface area (Å²) in [4.78, 5) is 31.1. The van der Waals surface area contributed by atoms with E-state index in [0.29, 0.717) is 43.0 Å². The summed E-state index contributed by atoms with van der Waals surface area (Å²) in [6, 6.07) is 7.24. The molecule has 1 amide bonds. The van der Waals surface area contributed by atoms with Gasteiger partial charge in [0.1, 0.15) is 6.61 Å². The van der Waals surface area contributed by atoms with Crippen LogP contribution in [0.25, 0.3) is 10.9 Å². The highest BCUT2D eigenvalue weighted by molar-refractivity contribution is 5.77. The Morgan fingerprint density at radius 1 is 1.31 bits per heavy atom. The molecule has 2 heterocycles. The van der Waals surface area contributed by atoms with Crippen molar-refractivity contribution in [3.05, 3.63) is 40.9 Å². The van der Waals surface area contributed by atoms with Crippen molar-refractivity contribution in [2.45, 2.75) is 25.8 Å². The Balaban J connectivity index is 1.51. The number of benzene rings is 1. The smallest absolute Gasteiger partial charge is 0.261 e. The molecule has 3 rings (SSSR count). The van der Waals surface area contributed by atoms with Gasteiger partial charge in [0.2, 0.25) is 5.91 Å². The van der Waals surface area contributed by atoms with Crippen LogP contribution in [0.3, 0.4) is 0 Å². The largest absolute Gasteiger partial charge is 0.369 e. The molecule has 6 nitrogen and oxygen atoms in total. The zero-order chi connectivity index (χ0) is 18.4. The number of ether oxygens (including phenoxy) is 1. The van der Waals surface area contributed by atoms with Crippen LogP contribution in [0, 0.1) is 18.3 Å². The monoisotopic (exact) mass is 353 g/mol. The molecule has 0 bridgehead atoms. The number of hydrogen-bond donors (Lipinski definition) is 0. The minimum absolute atomic E-state index is 0.0769. The zero-order valence-corrected chi connectivity index (χ0v) is 14.8. The van der Waals surface area contributed by atoms with E-state index < -0.39 is 0 Å². The molecule has 1 aliphatic rings. The van der Waals surface area contributed by atoms with Gasteiger partial charge >= 0.3 is 0 Å². The lowest BCUT2D eigenvalue weighted by Gasteiger charge is -2.31. The number of aromatic nitrogens is 2. The maximum atomic E-state index is 12.5. The summed E-state index contributed by atoms with van der Waals surface area (Å²) in [5.41, 5.74) is 0.571. The Labute approximate surface area is 152 Å². The van der Waals surface area contributed by atoms with E-state index in [0.717, 1.165) is 25.9 Å². The third-order valence-corrected chi connectivity index (χ3v) is 4.80. The van der Waals surface area contributed by atoms with Crippen LogP contribution in [0.15, 0.2) is 35.4 Å². The minimum Gasteiger partial charge on any atom is -0.369 e. The Kier molecular flexibility index (Phi) is 6.03. The molecule has 6 heteroatoms. The number of aryl methyl sites for hydroxylation is 1. The average molecular weight is 353 g/mol. The van der Waals surface area contributed by atoms with Gasteiger partial charge in [-0.05, 0) is 30.9 Å². The second-order valence-electron chi connectivity index (χ2n) is 6.55. The van der Waals surface area contributed by atoms with Crippen molar-refractivity contribution in [1.82, 2.24) is 14.5 Å². The molecular weight excluding hydrogens is 330 g/mol. The van der Waals surface area contributed by atoms with E-state index in [2.05, 4.69) is 10.9 Å². The fraction of sp³-hybridized carbons (Fsp3) is 0.450. The number of likely N-dealkylation sites (tertiary alicyclic amines) is 1. The quantitative estimate of drug-likeness (QED) is 0.585. The van der Waals surface area contributed by atoms with Crippen molar-refractivity contribution in [3.8, 4) is 12.3 Å². The number of amides is 1. The number of fused-ring (bicyclic) bond motifs is 1. The highest BCUT2D eigenvalue weighted by Crippen LogP contribution is 2.18. The molecule has 2 aromatic rings. The summed E-state index contributed by atoms with van der Waals surface area (Å²) in [6.07, 6.45) is 8.85. The van der Waals surface area contributed by atoms with E-state index in [9.17, 15) is 9.59 Å². The molecule has 1 aromatic heterocycles. The first-order valence-electron chi connectivity index (χ1n) is 8.92. The molecule has 0 spiro atoms. The van der Waals surface area contributed by atoms with Crippen LogP contribution in [0.1, 0.15) is 19.3 Å². The fourth-order valence-electron chi connectivity index (χ4n) is 3.27. The standard InChI is InChI=1S/C20H23N3O3/c1-2-13-26-14-16-7-10-22(11-8-16)19(24)9-12-23-15-21-18-6-4-3-5-17(18)20(23)25/h1,3-6,15-16H,7-14H2. The third kappa shape index (κ3) is 4.30. The van der Waals surface area contributed by atoms with Gasteiger partial charge in [0, 0.05) is 26.1 Å². The first-order valence-corrected chi connectivity index (χ1v) is 8.92. The van der Waals surface area contributed by atoms with E-state index in [-0.39, 0.29) is 11.5 Å². The van der Waals surface area contributed by atoms with Gasteiger partial charge in [0.05, 0.1) is 23.8 Å². The lowest BCUT2D eigenvalue weighted by Crippen LogP contribution is -2.40. The predicted octanol–water partition coefficient (Wildman–Crippen LogP) is 1.67. The van der Waals surface area contributed by atoms with Crippen molar-refractivity contribution in [1.29, 1.82) is 0 Å². The van der Waals surface area contributed by atoms with E-state index >= 15 is 0 Å². The van der Waals surface area contributed by atoms with Crippen molar-refractivity contribution >= 4 is 16.8 Å². The summed E-state index contributed by atoms with van der Waals surface area (Å²) in [5.74, 6) is 3.00. The molecule has 0 aliphatic carbocycles. The Morgan fingerprint density at radius 2 is 2.08 bits per heavy atom. The van der Waals surface area contributed by atoms with Crippen molar-refractivity contribution in [2.75, 3.05) is 26.3 Å². The Bertz CT molecular complexity index is 860. The molecule has 0 unspecified atom stereocenters. The van der Waals surface area contributed by atoms with Crippen LogP contribution in [-0.2, 0) is 16.1 Å². The van der Waals surface area contributed by atoms with Crippen LogP contribution >= 0.6 is 0 Å². The summed E-state index contributed by atoms with van der Waals surface area (Å²) < 4.78 is 6.90. The maximum absolute atomic E-state index is 12.5. The summed E-state index contributed by atoms with van der Waals surface area (Å²) in [5, 5.41) is 0.579. The van der Waals surface area contributed by atoms with Crippen molar-refractivity contribution in [2.24, 2.45) is 5.92 Å². The number of terminal acetylenes is 1. The number of carbonyl (C=O) groups is 1. The molecule has 0 N–H and O–H groups in total. The molecule has 1 aromatic carbocycles. The number of carbonyl (C=O) groups excluding carboxylic acids is 1. The molecular formula is C20H23N3O3. The minimum atomic E-state index is -0.104. The summed E-state index contributed by atoms with van der Waals surface area (Å²) in [7, 11) is 0. The van der Waals surface area contributed by atoms with Gasteiger partial charge in [-0.25, -0.2) is 4.98 Å². The first-order chi connectivity index (χ1) is 12.7. The maximum Gasteiger partial charge on any atom is 0.261 e. The van der Waals surface area contributed by atoms with Gasteiger partial charge in [0.15, 0.2) is 0 Å². The molecule has 1 aliphatic heterocycles. The van der Waals surface area contributed by atoms with Gasteiger partial charge in [-0.15, -0.1) is 6.42 Å². The molecule has 0 radical (unpaired) electrons. The number of nitrogens with zero attached hydrogens (tertiary/aromatic N) is 3. The lowest BCUT2D eigenvalue weighted by molar-refractivity contribution is -0.133. The fourth-order valence-corrected chi connectivity index (χ4v) is 3.27. The number of hydrogen-bond acceptors (Lipinski definition) is 4. The van der Waals surface area contributed by atoms with Gasteiger partial charge in [0.25, 0.3) is 5.56 Å². The second kappa shape index (κ2) is 8.63. The van der Waals surface area contributed by atoms with E-state index in [1.807, 2.05) is 23.1 Å². The first kappa shape index (κ1) is 18.2. The van der Waals surface area contributed by atoms with Gasteiger partial charge in [-0.2, -0.15) is 0 Å². The summed E-state index contributed by atoms with van der Waals surface area (Å²) in [6.45, 7) is 2.81. The zero-order valence-electron chi connectivity index (χ0n) is 14.8. The van der Waals surface area contributed by atoms with E-state index in [1.165, 1.54) is 10.9 Å². The summed E-state index contributed by atoms with van der Waals surface area (Å²) >= 11 is 0. The normalized spacial score (nSPS) is 15.1. The SMILES string of the molecule is C#CCOCC1CCN(C(=O)CCn2cnc3ccccc3c2=O)CC1. The lowest BCUT2D eigenvalue weighted by atomic mass is 9.97. The van der Waals surface area contributed by atoms with Crippen LogP contribution in [0.4, 0.5) is 0 Å². The average Bonchev–Trinajstić information content (AvgIpc) is 2.68. The molecule has 26 heavy (non-hydrogen) atoms. The molecule has 0 saturated carbocycles. The van der Waals surface area contributed by atoms with Gasteiger partial charge < -0.3 is 9.64 Å². The molecule has 0 atom stereocenters. The Hall–Kier alpha value is -2.65. The van der Waals surface area contributed by atoms with E-state index in [4.69, 9.17) is 11.2 Å². The van der Waals surface area contributed by atoms with E-state index in [1.54, 1.807) is 6.07 Å². The third-order valence-electron chi connectivity index (χ3n) is 4.80. The highest BCUT2D eigenvalue weighted by atomic mass is 16.5. The molecule has 136 valence electrons. The van der Waals surface area contributed by atoms with Crippen molar-refractivity contribution in [3.63, 3.8) is 0 Å². The number of piperidine rings is 1. The van der Waals surface area contributed by atoms with Crippen molar-refractivity contribution < 1.29 is 9.53 Å². The van der Waals surface area contributed by atoms with Gasteiger partial charge in [-0.3, -0.25) is 14.2 Å². The van der Waals surface area contributed by atoms with Crippen LogP contribution in [-0.4, -0.2) is 46.7 Å². The topological polar surface area (TPSA) is 64.4 Å². The highest BCUT2D eigenvalue weighted by Gasteiger charge is 2.22. The molecule has 1 fully saturated rings. The van der Waals surface area contributed by atoms with Crippen LogP contribution in [0.2, 0.25) is 0 Å². The van der Waals surface area contributed by atoms with Crippen LogP contribution in [0.5, 0.6) is 0 Å². The van der Waals surface area contributed by atoms with Gasteiger partial charge in [-0.1, -0.05) is 18.1 Å². The van der Waals surface area contributed by atoms with Crippen LogP contribution < -0.4 is 5.56 Å². The Morgan fingerprint density at radius 3 is 2.85 bits per heavy atom. The number of rotatable bonds is 6. The molecule has 1 saturated heterocycles.